The van der Waals surface area contributed by atoms with Crippen LogP contribution in [0.5, 0.6) is 0 Å². The molecule has 0 saturated carbocycles. The zero-order chi connectivity index (χ0) is 18.6. The SMILES string of the molecule is CC1CCN(c2ccc(NC(=O)CCc3nc4ccccc4s3)cc2)CC1. The van der Waals surface area contributed by atoms with Crippen LogP contribution in [0.4, 0.5) is 11.4 Å². The Labute approximate surface area is 164 Å². The van der Waals surface area contributed by atoms with Crippen LogP contribution >= 0.6 is 11.3 Å². The Morgan fingerprint density at radius 3 is 2.63 bits per heavy atom. The molecule has 4 nitrogen and oxygen atoms in total. The predicted molar refractivity (Wildman–Crippen MR) is 114 cm³/mol. The van der Waals surface area contributed by atoms with Crippen LogP contribution < -0.4 is 10.2 Å². The number of aryl methyl sites for hydroxylation is 1. The number of benzene rings is 2. The molecule has 4 rings (SSSR count). The molecule has 2 heterocycles. The number of rotatable bonds is 5. The van der Waals surface area contributed by atoms with Gasteiger partial charge in [0, 0.05) is 37.3 Å². The second kappa shape index (κ2) is 8.09. The summed E-state index contributed by atoms with van der Waals surface area (Å²) in [6.45, 7) is 4.56. The van der Waals surface area contributed by atoms with Crippen LogP contribution in [-0.4, -0.2) is 24.0 Å². The van der Waals surface area contributed by atoms with Gasteiger partial charge in [0.1, 0.15) is 0 Å². The van der Waals surface area contributed by atoms with Gasteiger partial charge < -0.3 is 10.2 Å². The van der Waals surface area contributed by atoms with E-state index >= 15 is 0 Å². The standard InChI is InChI=1S/C22H25N3OS/c1-16-12-14-25(15-13-16)18-8-6-17(7-9-18)23-21(26)10-11-22-24-19-4-2-3-5-20(19)27-22/h2-9,16H,10-15H2,1H3,(H,23,26). The molecule has 1 amide bonds. The van der Waals surface area contributed by atoms with Gasteiger partial charge in [-0.05, 0) is 55.2 Å². The lowest BCUT2D eigenvalue weighted by Crippen LogP contribution is -2.32. The van der Waals surface area contributed by atoms with E-state index < -0.39 is 0 Å². The van der Waals surface area contributed by atoms with Crippen LogP contribution in [0.25, 0.3) is 10.2 Å². The van der Waals surface area contributed by atoms with Crippen molar-refractivity contribution in [2.75, 3.05) is 23.3 Å². The molecular formula is C22H25N3OS. The van der Waals surface area contributed by atoms with Gasteiger partial charge in [-0.25, -0.2) is 4.98 Å². The number of nitrogens with one attached hydrogen (secondary N) is 1. The second-order valence-electron chi connectivity index (χ2n) is 7.34. The number of thiazole rings is 1. The van der Waals surface area contributed by atoms with E-state index in [1.807, 2.05) is 30.3 Å². The molecule has 27 heavy (non-hydrogen) atoms. The number of para-hydroxylation sites is 1. The predicted octanol–water partition coefficient (Wildman–Crippen LogP) is 5.10. The molecule has 1 fully saturated rings. The van der Waals surface area contributed by atoms with E-state index in [1.54, 1.807) is 11.3 Å². The van der Waals surface area contributed by atoms with E-state index in [1.165, 1.54) is 23.2 Å². The van der Waals surface area contributed by atoms with Crippen LogP contribution in [0.3, 0.4) is 0 Å². The third-order valence-electron chi connectivity index (χ3n) is 5.20. The first-order chi connectivity index (χ1) is 13.2. The molecule has 0 radical (unpaired) electrons. The van der Waals surface area contributed by atoms with Crippen LogP contribution in [0.15, 0.2) is 48.5 Å². The molecule has 0 spiro atoms. The Bertz CT molecular complexity index is 878. The lowest BCUT2D eigenvalue weighted by molar-refractivity contribution is -0.116. The normalized spacial score (nSPS) is 15.2. The molecule has 1 aromatic heterocycles. The van der Waals surface area contributed by atoms with Crippen molar-refractivity contribution in [1.29, 1.82) is 0 Å². The maximum Gasteiger partial charge on any atom is 0.224 e. The summed E-state index contributed by atoms with van der Waals surface area (Å²) >= 11 is 1.67. The number of amides is 1. The smallest absolute Gasteiger partial charge is 0.224 e. The molecule has 1 saturated heterocycles. The van der Waals surface area contributed by atoms with Crippen LogP contribution in [0.2, 0.25) is 0 Å². The molecule has 5 heteroatoms. The molecule has 1 N–H and O–H groups in total. The highest BCUT2D eigenvalue weighted by molar-refractivity contribution is 7.18. The highest BCUT2D eigenvalue weighted by atomic mass is 32.1. The van der Waals surface area contributed by atoms with Crippen molar-refractivity contribution in [2.45, 2.75) is 32.6 Å². The first-order valence-electron chi connectivity index (χ1n) is 9.67. The minimum atomic E-state index is 0.0359. The minimum absolute atomic E-state index is 0.0359. The summed E-state index contributed by atoms with van der Waals surface area (Å²) in [5, 5.41) is 4.02. The van der Waals surface area contributed by atoms with E-state index in [2.05, 4.69) is 40.3 Å². The molecule has 0 bridgehead atoms. The molecule has 1 aliphatic heterocycles. The number of fused-ring (bicyclic) bond motifs is 1. The highest BCUT2D eigenvalue weighted by Crippen LogP contribution is 2.25. The largest absolute Gasteiger partial charge is 0.372 e. The Morgan fingerprint density at radius 1 is 1.15 bits per heavy atom. The fourth-order valence-electron chi connectivity index (χ4n) is 3.49. The highest BCUT2D eigenvalue weighted by Gasteiger charge is 2.16. The third-order valence-corrected chi connectivity index (χ3v) is 6.30. The van der Waals surface area contributed by atoms with E-state index in [0.29, 0.717) is 12.8 Å². The van der Waals surface area contributed by atoms with Crippen molar-refractivity contribution < 1.29 is 4.79 Å². The lowest BCUT2D eigenvalue weighted by Gasteiger charge is -2.32. The van der Waals surface area contributed by atoms with E-state index in [9.17, 15) is 4.79 Å². The van der Waals surface area contributed by atoms with Crippen molar-refractivity contribution in [2.24, 2.45) is 5.92 Å². The fraction of sp³-hybridized carbons (Fsp3) is 0.364. The Kier molecular flexibility index (Phi) is 5.39. The summed E-state index contributed by atoms with van der Waals surface area (Å²) in [6.07, 6.45) is 3.63. The van der Waals surface area contributed by atoms with Gasteiger partial charge >= 0.3 is 0 Å². The average Bonchev–Trinajstić information content (AvgIpc) is 3.11. The Morgan fingerprint density at radius 2 is 1.89 bits per heavy atom. The average molecular weight is 380 g/mol. The summed E-state index contributed by atoms with van der Waals surface area (Å²) < 4.78 is 1.18. The van der Waals surface area contributed by atoms with Gasteiger partial charge in [0.2, 0.25) is 5.91 Å². The summed E-state index contributed by atoms with van der Waals surface area (Å²) in [7, 11) is 0. The van der Waals surface area contributed by atoms with Crippen LogP contribution in [0.1, 0.15) is 31.2 Å². The Balaban J connectivity index is 1.30. The van der Waals surface area contributed by atoms with E-state index in [4.69, 9.17) is 0 Å². The number of carbonyl (C=O) groups excluding carboxylic acids is 1. The summed E-state index contributed by atoms with van der Waals surface area (Å²) in [5.74, 6) is 0.865. The topological polar surface area (TPSA) is 45.2 Å². The monoisotopic (exact) mass is 379 g/mol. The van der Waals surface area contributed by atoms with Crippen molar-refractivity contribution in [3.05, 3.63) is 53.5 Å². The zero-order valence-corrected chi connectivity index (χ0v) is 16.5. The summed E-state index contributed by atoms with van der Waals surface area (Å²) in [4.78, 5) is 19.3. The number of aromatic nitrogens is 1. The number of nitrogens with zero attached hydrogens (tertiary/aromatic N) is 2. The quantitative estimate of drug-likeness (QED) is 0.670. The van der Waals surface area contributed by atoms with Gasteiger partial charge in [0.25, 0.3) is 0 Å². The van der Waals surface area contributed by atoms with Crippen molar-refractivity contribution >= 4 is 38.8 Å². The van der Waals surface area contributed by atoms with Gasteiger partial charge in [0.05, 0.1) is 15.2 Å². The first-order valence-corrected chi connectivity index (χ1v) is 10.5. The van der Waals surface area contributed by atoms with Crippen LogP contribution in [0, 0.1) is 5.92 Å². The molecule has 0 atom stereocenters. The van der Waals surface area contributed by atoms with Gasteiger partial charge in [-0.15, -0.1) is 11.3 Å². The number of piperidine rings is 1. The molecule has 140 valence electrons. The number of carbonyl (C=O) groups is 1. The van der Waals surface area contributed by atoms with Gasteiger partial charge in [0.15, 0.2) is 0 Å². The van der Waals surface area contributed by atoms with Gasteiger partial charge in [-0.1, -0.05) is 19.1 Å². The summed E-state index contributed by atoms with van der Waals surface area (Å²) in [5.41, 5.74) is 3.12. The number of hydrogen-bond acceptors (Lipinski definition) is 4. The molecule has 0 aliphatic carbocycles. The molecule has 0 unspecified atom stereocenters. The molecule has 3 aromatic rings. The van der Waals surface area contributed by atoms with Gasteiger partial charge in [-0.2, -0.15) is 0 Å². The van der Waals surface area contributed by atoms with Crippen molar-refractivity contribution in [3.63, 3.8) is 0 Å². The lowest BCUT2D eigenvalue weighted by atomic mass is 9.99. The van der Waals surface area contributed by atoms with E-state index in [-0.39, 0.29) is 5.91 Å². The minimum Gasteiger partial charge on any atom is -0.372 e. The number of anilines is 2. The maximum absolute atomic E-state index is 12.3. The third kappa shape index (κ3) is 4.48. The van der Waals surface area contributed by atoms with Crippen molar-refractivity contribution in [3.8, 4) is 0 Å². The van der Waals surface area contributed by atoms with Crippen molar-refractivity contribution in [1.82, 2.24) is 4.98 Å². The molecular weight excluding hydrogens is 354 g/mol. The Hall–Kier alpha value is -2.40. The molecule has 2 aromatic carbocycles. The summed E-state index contributed by atoms with van der Waals surface area (Å²) in [6, 6.07) is 16.3. The van der Waals surface area contributed by atoms with E-state index in [0.717, 1.165) is 35.2 Å². The second-order valence-corrected chi connectivity index (χ2v) is 8.46. The molecule has 1 aliphatic rings. The van der Waals surface area contributed by atoms with Gasteiger partial charge in [-0.3, -0.25) is 4.79 Å². The number of hydrogen-bond donors (Lipinski definition) is 1. The first kappa shape index (κ1) is 18.0. The fourth-order valence-corrected chi connectivity index (χ4v) is 4.46. The maximum atomic E-state index is 12.3. The zero-order valence-electron chi connectivity index (χ0n) is 15.6. The van der Waals surface area contributed by atoms with Crippen LogP contribution in [-0.2, 0) is 11.2 Å².